The van der Waals surface area contributed by atoms with Crippen molar-refractivity contribution in [3.8, 4) is 0 Å². The average Bonchev–Trinajstić information content (AvgIpc) is 1.64. The van der Waals surface area contributed by atoms with Gasteiger partial charge in [0.2, 0.25) is 9.76 Å². The molecule has 54 valence electrons. The van der Waals surface area contributed by atoms with Gasteiger partial charge in [-0.1, -0.05) is 13.3 Å². The minimum atomic E-state index is -1.19. The molecule has 0 N–H and O–H groups in total. The van der Waals surface area contributed by atoms with E-state index in [2.05, 4.69) is 26.6 Å². The monoisotopic (exact) mass is 160 g/mol. The van der Waals surface area contributed by atoms with E-state index in [0.717, 1.165) is 0 Å². The van der Waals surface area contributed by atoms with E-state index in [9.17, 15) is 0 Å². The third-order valence-electron chi connectivity index (χ3n) is 1.23. The summed E-state index contributed by atoms with van der Waals surface area (Å²) in [5.41, 5.74) is 0. The van der Waals surface area contributed by atoms with Crippen LogP contribution in [0, 0.1) is 0 Å². The summed E-state index contributed by atoms with van der Waals surface area (Å²) in [6.07, 6.45) is 1.27. The number of rotatable bonds is 4. The molecule has 0 atom stereocenters. The highest BCUT2D eigenvalue weighted by atomic mass is 28.4. The van der Waals surface area contributed by atoms with Crippen molar-refractivity contribution < 1.29 is 4.12 Å². The molecule has 0 unspecified atom stereocenters. The Labute approximate surface area is 61.9 Å². The van der Waals surface area contributed by atoms with Crippen LogP contribution in [0.3, 0.4) is 0 Å². The summed E-state index contributed by atoms with van der Waals surface area (Å²) in [4.78, 5) is 0. The number of hydrogen-bond acceptors (Lipinski definition) is 1. The molecular formula is C6H16OSi2. The van der Waals surface area contributed by atoms with Gasteiger partial charge >= 0.3 is 0 Å². The molecule has 0 fully saturated rings. The zero-order valence-corrected chi connectivity index (χ0v) is 8.82. The van der Waals surface area contributed by atoms with Crippen molar-refractivity contribution >= 4 is 18.1 Å². The summed E-state index contributed by atoms with van der Waals surface area (Å²) in [7, 11) is -0.510. The summed E-state index contributed by atoms with van der Waals surface area (Å²) < 4.78 is 5.64. The normalized spacial score (nSPS) is 12.0. The van der Waals surface area contributed by atoms with E-state index < -0.39 is 8.32 Å². The van der Waals surface area contributed by atoms with Gasteiger partial charge in [-0.3, -0.25) is 0 Å². The molecule has 0 aromatic heterocycles. The van der Waals surface area contributed by atoms with Gasteiger partial charge in [0.1, 0.15) is 0 Å². The first-order chi connectivity index (χ1) is 4.12. The molecule has 0 rings (SSSR count). The molecule has 0 aromatic rings. The highest BCUT2D eigenvalue weighted by Gasteiger charge is 2.18. The first-order valence-electron chi connectivity index (χ1n) is 3.47. The molecule has 9 heavy (non-hydrogen) atoms. The highest BCUT2D eigenvalue weighted by Crippen LogP contribution is 2.11. The molecule has 0 saturated carbocycles. The van der Waals surface area contributed by atoms with Gasteiger partial charge < -0.3 is 4.12 Å². The molecule has 3 heteroatoms. The van der Waals surface area contributed by atoms with Crippen LogP contribution in [-0.2, 0) is 4.12 Å². The molecule has 0 saturated heterocycles. The van der Waals surface area contributed by atoms with Crippen molar-refractivity contribution in [2.75, 3.05) is 0 Å². The first-order valence-corrected chi connectivity index (χ1v) is 7.99. The Bertz CT molecular complexity index is 65.5. The topological polar surface area (TPSA) is 9.23 Å². The smallest absolute Gasteiger partial charge is 0.211 e. The molecule has 0 aliphatic rings. The Balaban J connectivity index is 3.43. The van der Waals surface area contributed by atoms with Gasteiger partial charge in [-0.25, -0.2) is 0 Å². The summed E-state index contributed by atoms with van der Waals surface area (Å²) in [5, 5.41) is 0. The fourth-order valence-electron chi connectivity index (χ4n) is 0.929. The Kier molecular flexibility index (Phi) is 4.43. The standard InChI is InChI=1S/C6H16OSi2/c1-5-6-9(3,4)7-8-2/h5-6H2,1-4H3. The molecule has 0 bridgehead atoms. The largest absolute Gasteiger partial charge is 0.456 e. The Morgan fingerprint density at radius 2 is 2.00 bits per heavy atom. The van der Waals surface area contributed by atoms with Crippen LogP contribution in [-0.4, -0.2) is 18.1 Å². The van der Waals surface area contributed by atoms with Crippen molar-refractivity contribution in [1.29, 1.82) is 0 Å². The predicted octanol–water partition coefficient (Wildman–Crippen LogP) is 2.29. The van der Waals surface area contributed by atoms with Crippen molar-refractivity contribution in [1.82, 2.24) is 0 Å². The molecule has 2 radical (unpaired) electrons. The second-order valence-electron chi connectivity index (χ2n) is 2.82. The SMILES string of the molecule is CCC[Si](C)(C)O[Si]C. The Morgan fingerprint density at radius 3 is 2.33 bits per heavy atom. The van der Waals surface area contributed by atoms with Gasteiger partial charge in [0, 0.05) is 0 Å². The van der Waals surface area contributed by atoms with E-state index in [0.29, 0.717) is 9.76 Å². The van der Waals surface area contributed by atoms with E-state index in [1.807, 2.05) is 0 Å². The van der Waals surface area contributed by atoms with E-state index >= 15 is 0 Å². The molecule has 0 aromatic carbocycles. The lowest BCUT2D eigenvalue weighted by molar-refractivity contribution is 0.587. The van der Waals surface area contributed by atoms with Gasteiger partial charge in [-0.2, -0.15) is 0 Å². The summed E-state index contributed by atoms with van der Waals surface area (Å²) >= 11 is 0. The van der Waals surface area contributed by atoms with Crippen LogP contribution >= 0.6 is 0 Å². The van der Waals surface area contributed by atoms with E-state index in [1.54, 1.807) is 0 Å². The van der Waals surface area contributed by atoms with Crippen LogP contribution in [0.2, 0.25) is 25.7 Å². The van der Waals surface area contributed by atoms with Crippen LogP contribution in [0.25, 0.3) is 0 Å². The lowest BCUT2D eigenvalue weighted by Crippen LogP contribution is -2.30. The number of hydrogen-bond donors (Lipinski definition) is 0. The van der Waals surface area contributed by atoms with Crippen LogP contribution in [0.5, 0.6) is 0 Å². The van der Waals surface area contributed by atoms with Gasteiger partial charge in [0.25, 0.3) is 0 Å². The lowest BCUT2D eigenvalue weighted by atomic mass is 10.6. The molecule has 0 aliphatic carbocycles. The minimum absolute atomic E-state index is 0.681. The van der Waals surface area contributed by atoms with Gasteiger partial charge in [-0.05, 0) is 25.7 Å². The first kappa shape index (κ1) is 9.39. The maximum absolute atomic E-state index is 5.64. The van der Waals surface area contributed by atoms with E-state index in [1.165, 1.54) is 12.5 Å². The molecule has 0 spiro atoms. The fraction of sp³-hybridized carbons (Fsp3) is 1.00. The van der Waals surface area contributed by atoms with Gasteiger partial charge in [0.15, 0.2) is 8.32 Å². The maximum Gasteiger partial charge on any atom is 0.211 e. The third kappa shape index (κ3) is 4.87. The van der Waals surface area contributed by atoms with Gasteiger partial charge in [0.05, 0.1) is 0 Å². The van der Waals surface area contributed by atoms with E-state index in [4.69, 9.17) is 4.12 Å². The molecule has 0 heterocycles. The van der Waals surface area contributed by atoms with Crippen molar-refractivity contribution in [3.63, 3.8) is 0 Å². The zero-order chi connectivity index (χ0) is 7.33. The van der Waals surface area contributed by atoms with Crippen LogP contribution in [0.1, 0.15) is 13.3 Å². The predicted molar refractivity (Wildman–Crippen MR) is 45.3 cm³/mol. The quantitative estimate of drug-likeness (QED) is 0.573. The fourth-order valence-corrected chi connectivity index (χ4v) is 4.75. The minimum Gasteiger partial charge on any atom is -0.456 e. The summed E-state index contributed by atoms with van der Waals surface area (Å²) in [6, 6.07) is 1.30. The van der Waals surface area contributed by atoms with Crippen LogP contribution in [0.4, 0.5) is 0 Å². The van der Waals surface area contributed by atoms with Crippen molar-refractivity contribution in [2.45, 2.75) is 39.0 Å². The molecule has 0 aliphatic heterocycles. The second-order valence-corrected chi connectivity index (χ2v) is 8.06. The molecular weight excluding hydrogens is 144 g/mol. The van der Waals surface area contributed by atoms with Crippen molar-refractivity contribution in [3.05, 3.63) is 0 Å². The lowest BCUT2D eigenvalue weighted by Gasteiger charge is -2.20. The third-order valence-corrected chi connectivity index (χ3v) is 5.96. The van der Waals surface area contributed by atoms with Crippen molar-refractivity contribution in [2.24, 2.45) is 0 Å². The van der Waals surface area contributed by atoms with E-state index in [-0.39, 0.29) is 0 Å². The maximum atomic E-state index is 5.64. The molecule has 1 nitrogen and oxygen atoms in total. The second kappa shape index (κ2) is 4.25. The zero-order valence-electron chi connectivity index (χ0n) is 6.82. The average molecular weight is 160 g/mol. The van der Waals surface area contributed by atoms with Crippen LogP contribution in [0.15, 0.2) is 0 Å². The Morgan fingerprint density at radius 1 is 1.44 bits per heavy atom. The van der Waals surface area contributed by atoms with Crippen LogP contribution < -0.4 is 0 Å². The highest BCUT2D eigenvalue weighted by molar-refractivity contribution is 6.74. The van der Waals surface area contributed by atoms with Gasteiger partial charge in [-0.15, -0.1) is 0 Å². The Hall–Kier alpha value is 0.394. The summed E-state index contributed by atoms with van der Waals surface area (Å²) in [6.45, 7) is 8.89. The summed E-state index contributed by atoms with van der Waals surface area (Å²) in [5.74, 6) is 0. The molecule has 0 amide bonds.